The van der Waals surface area contributed by atoms with Crippen molar-refractivity contribution in [1.29, 1.82) is 0 Å². The molecule has 2 N–H and O–H groups in total. The first kappa shape index (κ1) is 21.7. The third kappa shape index (κ3) is 7.18. The third-order valence-electron chi connectivity index (χ3n) is 4.29. The smallest absolute Gasteiger partial charge is 0.124 e. The Kier molecular flexibility index (Phi) is 8.24. The summed E-state index contributed by atoms with van der Waals surface area (Å²) in [5, 5.41) is 20.0. The third-order valence-corrected chi connectivity index (χ3v) is 4.29. The maximum atomic E-state index is 9.99. The standard InChI is InChI=1S/C24H32N2O2/c1-17(2)11-19-5-7-23(27)21(13-19)15-25-9-10-26-16-22-14-20(12-18(3)4)6-8-24(22)28/h5-8,13-18,27-28H,9-12H2,1-4H3. The minimum atomic E-state index is 0.242. The van der Waals surface area contributed by atoms with E-state index in [2.05, 4.69) is 37.7 Å². The van der Waals surface area contributed by atoms with Gasteiger partial charge in [-0.15, -0.1) is 0 Å². The molecule has 0 unspecified atom stereocenters. The number of rotatable bonds is 9. The van der Waals surface area contributed by atoms with Crippen molar-refractivity contribution < 1.29 is 10.2 Å². The molecule has 0 aromatic heterocycles. The second-order valence-corrected chi connectivity index (χ2v) is 8.05. The van der Waals surface area contributed by atoms with Crippen LogP contribution < -0.4 is 0 Å². The van der Waals surface area contributed by atoms with E-state index >= 15 is 0 Å². The minimum Gasteiger partial charge on any atom is -0.507 e. The Hall–Kier alpha value is -2.62. The van der Waals surface area contributed by atoms with Gasteiger partial charge in [0, 0.05) is 23.6 Å². The van der Waals surface area contributed by atoms with Crippen LogP contribution in [0, 0.1) is 11.8 Å². The SMILES string of the molecule is CC(C)Cc1ccc(O)c(C=NCCN=Cc2cc(CC(C)C)ccc2O)c1. The summed E-state index contributed by atoms with van der Waals surface area (Å²) in [4.78, 5) is 8.74. The summed E-state index contributed by atoms with van der Waals surface area (Å²) in [6.45, 7) is 9.75. The quantitative estimate of drug-likeness (QED) is 0.473. The van der Waals surface area contributed by atoms with Gasteiger partial charge >= 0.3 is 0 Å². The first-order valence-electron chi connectivity index (χ1n) is 9.98. The van der Waals surface area contributed by atoms with Gasteiger partial charge in [-0.2, -0.15) is 0 Å². The molecule has 2 rings (SSSR count). The summed E-state index contributed by atoms with van der Waals surface area (Å²) in [5.41, 5.74) is 3.87. The Morgan fingerprint density at radius 3 is 1.46 bits per heavy atom. The second kappa shape index (κ2) is 10.6. The van der Waals surface area contributed by atoms with E-state index in [4.69, 9.17) is 0 Å². The highest BCUT2D eigenvalue weighted by atomic mass is 16.3. The molecular weight excluding hydrogens is 348 g/mol. The fourth-order valence-corrected chi connectivity index (χ4v) is 3.05. The van der Waals surface area contributed by atoms with E-state index in [0.29, 0.717) is 24.9 Å². The topological polar surface area (TPSA) is 65.2 Å². The number of phenols is 2. The number of aromatic hydroxyl groups is 2. The van der Waals surface area contributed by atoms with Gasteiger partial charge in [-0.1, -0.05) is 39.8 Å². The number of benzene rings is 2. The Bertz CT molecular complexity index is 754. The molecule has 4 heteroatoms. The summed E-state index contributed by atoms with van der Waals surface area (Å²) >= 11 is 0. The summed E-state index contributed by atoms with van der Waals surface area (Å²) in [6.07, 6.45) is 5.36. The molecule has 4 nitrogen and oxygen atoms in total. The van der Waals surface area contributed by atoms with Gasteiger partial charge in [-0.25, -0.2) is 0 Å². The molecule has 2 aromatic rings. The van der Waals surface area contributed by atoms with Crippen LogP contribution in [0.15, 0.2) is 46.4 Å². The van der Waals surface area contributed by atoms with Gasteiger partial charge in [0.1, 0.15) is 11.5 Å². The van der Waals surface area contributed by atoms with E-state index in [1.165, 1.54) is 11.1 Å². The number of hydrogen-bond acceptors (Lipinski definition) is 4. The fourth-order valence-electron chi connectivity index (χ4n) is 3.05. The van der Waals surface area contributed by atoms with Gasteiger partial charge in [-0.05, 0) is 60.1 Å². The van der Waals surface area contributed by atoms with E-state index in [0.717, 1.165) is 24.0 Å². The molecule has 0 amide bonds. The van der Waals surface area contributed by atoms with Crippen LogP contribution in [0.3, 0.4) is 0 Å². The Balaban J connectivity index is 1.92. The lowest BCUT2D eigenvalue weighted by Crippen LogP contribution is -1.97. The largest absolute Gasteiger partial charge is 0.507 e. The van der Waals surface area contributed by atoms with Crippen LogP contribution >= 0.6 is 0 Å². The van der Waals surface area contributed by atoms with E-state index in [1.54, 1.807) is 24.6 Å². The van der Waals surface area contributed by atoms with Crippen LogP contribution in [0.4, 0.5) is 0 Å². The second-order valence-electron chi connectivity index (χ2n) is 8.05. The molecule has 28 heavy (non-hydrogen) atoms. The Labute approximate surface area is 168 Å². The number of phenolic OH excluding ortho intramolecular Hbond substituents is 2. The zero-order valence-corrected chi connectivity index (χ0v) is 17.4. The first-order chi connectivity index (χ1) is 13.3. The lowest BCUT2D eigenvalue weighted by molar-refractivity contribution is 0.473. The summed E-state index contributed by atoms with van der Waals surface area (Å²) in [7, 11) is 0. The van der Waals surface area contributed by atoms with Gasteiger partial charge in [0.25, 0.3) is 0 Å². The molecule has 0 bridgehead atoms. The van der Waals surface area contributed by atoms with Crippen molar-refractivity contribution in [2.75, 3.05) is 13.1 Å². The molecule has 0 aliphatic carbocycles. The fraction of sp³-hybridized carbons (Fsp3) is 0.417. The van der Waals surface area contributed by atoms with Gasteiger partial charge < -0.3 is 10.2 Å². The maximum absolute atomic E-state index is 9.99. The molecule has 0 atom stereocenters. The molecule has 0 spiro atoms. The van der Waals surface area contributed by atoms with Crippen LogP contribution in [0.5, 0.6) is 11.5 Å². The van der Waals surface area contributed by atoms with Crippen molar-refractivity contribution in [2.24, 2.45) is 21.8 Å². The molecule has 0 heterocycles. The van der Waals surface area contributed by atoms with Gasteiger partial charge in [0.15, 0.2) is 0 Å². The first-order valence-corrected chi connectivity index (χ1v) is 9.98. The van der Waals surface area contributed by atoms with Crippen molar-refractivity contribution in [3.63, 3.8) is 0 Å². The molecule has 150 valence electrons. The average Bonchev–Trinajstić information content (AvgIpc) is 2.62. The van der Waals surface area contributed by atoms with Crippen LogP contribution in [-0.2, 0) is 12.8 Å². The van der Waals surface area contributed by atoms with Gasteiger partial charge in [0.05, 0.1) is 13.1 Å². The summed E-state index contributed by atoms with van der Waals surface area (Å²) in [5.74, 6) is 1.62. The van der Waals surface area contributed by atoms with Gasteiger partial charge in [0.2, 0.25) is 0 Å². The van der Waals surface area contributed by atoms with Crippen molar-refractivity contribution in [3.8, 4) is 11.5 Å². The summed E-state index contributed by atoms with van der Waals surface area (Å²) < 4.78 is 0. The van der Waals surface area contributed by atoms with E-state index < -0.39 is 0 Å². The maximum Gasteiger partial charge on any atom is 0.124 e. The molecule has 0 saturated heterocycles. The molecule has 0 fully saturated rings. The van der Waals surface area contributed by atoms with E-state index in [-0.39, 0.29) is 11.5 Å². The lowest BCUT2D eigenvalue weighted by Gasteiger charge is -2.07. The molecule has 2 aromatic carbocycles. The zero-order valence-electron chi connectivity index (χ0n) is 17.4. The number of hydrogen-bond donors (Lipinski definition) is 2. The van der Waals surface area contributed by atoms with Crippen LogP contribution in [-0.4, -0.2) is 35.7 Å². The summed E-state index contributed by atoms with van der Waals surface area (Å²) in [6, 6.07) is 11.3. The van der Waals surface area contributed by atoms with Crippen LogP contribution in [0.25, 0.3) is 0 Å². The lowest BCUT2D eigenvalue weighted by atomic mass is 10.0. The van der Waals surface area contributed by atoms with E-state index in [1.807, 2.05) is 24.3 Å². The Morgan fingerprint density at radius 2 is 1.11 bits per heavy atom. The average molecular weight is 381 g/mol. The van der Waals surface area contributed by atoms with Gasteiger partial charge in [-0.3, -0.25) is 9.98 Å². The van der Waals surface area contributed by atoms with Crippen LogP contribution in [0.1, 0.15) is 49.9 Å². The number of nitrogens with zero attached hydrogens (tertiary/aromatic N) is 2. The molecule has 0 saturated carbocycles. The predicted molar refractivity (Wildman–Crippen MR) is 118 cm³/mol. The van der Waals surface area contributed by atoms with Crippen LogP contribution in [0.2, 0.25) is 0 Å². The highest BCUT2D eigenvalue weighted by Gasteiger charge is 2.04. The normalized spacial score (nSPS) is 12.1. The minimum absolute atomic E-state index is 0.242. The van der Waals surface area contributed by atoms with Crippen molar-refractivity contribution in [1.82, 2.24) is 0 Å². The Morgan fingerprint density at radius 1 is 0.714 bits per heavy atom. The van der Waals surface area contributed by atoms with E-state index in [9.17, 15) is 10.2 Å². The van der Waals surface area contributed by atoms with Crippen molar-refractivity contribution in [3.05, 3.63) is 58.7 Å². The molecule has 0 aliphatic rings. The number of aliphatic imine (C=N–C) groups is 2. The zero-order chi connectivity index (χ0) is 20.5. The van der Waals surface area contributed by atoms with Crippen molar-refractivity contribution in [2.45, 2.75) is 40.5 Å². The van der Waals surface area contributed by atoms with Crippen molar-refractivity contribution >= 4 is 12.4 Å². The highest BCUT2D eigenvalue weighted by molar-refractivity contribution is 5.84. The molecule has 0 radical (unpaired) electrons. The monoisotopic (exact) mass is 380 g/mol. The molecular formula is C24H32N2O2. The molecule has 0 aliphatic heterocycles. The predicted octanol–water partition coefficient (Wildman–Crippen LogP) is 5.03. The highest BCUT2D eigenvalue weighted by Crippen LogP contribution is 2.20.